The van der Waals surface area contributed by atoms with Gasteiger partial charge in [0.1, 0.15) is 5.94 Å². The minimum Gasteiger partial charge on any atom is -0.233 e. The monoisotopic (exact) mass is 344 g/mol. The van der Waals surface area contributed by atoms with E-state index in [9.17, 15) is 4.79 Å². The Morgan fingerprint density at radius 1 is 0.700 bits per heavy atom. The van der Waals surface area contributed by atoms with E-state index in [-0.39, 0.29) is 0 Å². The van der Waals surface area contributed by atoms with Crippen molar-refractivity contribution >= 4 is 21.9 Å². The normalized spacial score (nSPS) is 10.5. The van der Waals surface area contributed by atoms with Crippen molar-refractivity contribution < 1.29 is 4.79 Å². The lowest BCUT2D eigenvalue weighted by Gasteiger charge is -2.03. The molecular weight excluding hydrogens is 312 g/mol. The molecule has 0 fully saturated rings. The molecule has 0 aliphatic rings. The van der Waals surface area contributed by atoms with E-state index in [0.29, 0.717) is 4.48 Å². The van der Waals surface area contributed by atoms with E-state index in [0.717, 1.165) is 12.8 Å². The van der Waals surface area contributed by atoms with Gasteiger partial charge >= 0.3 is 0 Å². The SMILES string of the molecule is CCCCCCCCCCCCCCCCC(Br)=C=O. The first-order valence-electron chi connectivity index (χ1n) is 8.70. The topological polar surface area (TPSA) is 17.1 Å². The molecular formula is C18H33BrO. The predicted octanol–water partition coefficient (Wildman–Crippen LogP) is 6.97. The summed E-state index contributed by atoms with van der Waals surface area (Å²) in [6.45, 7) is 2.28. The summed E-state index contributed by atoms with van der Waals surface area (Å²) >= 11 is 3.21. The smallest absolute Gasteiger partial charge is 0.135 e. The minimum atomic E-state index is 0.691. The molecule has 118 valence electrons. The van der Waals surface area contributed by atoms with E-state index >= 15 is 0 Å². The summed E-state index contributed by atoms with van der Waals surface area (Å²) in [5, 5.41) is 0. The molecule has 0 aromatic carbocycles. The highest BCUT2D eigenvalue weighted by molar-refractivity contribution is 9.11. The van der Waals surface area contributed by atoms with Gasteiger partial charge in [-0.25, -0.2) is 4.79 Å². The molecule has 0 N–H and O–H groups in total. The summed E-state index contributed by atoms with van der Waals surface area (Å²) in [5.74, 6) is 1.89. The van der Waals surface area contributed by atoms with Crippen LogP contribution in [0.5, 0.6) is 0 Å². The summed E-state index contributed by atoms with van der Waals surface area (Å²) in [7, 11) is 0. The molecule has 0 rings (SSSR count). The summed E-state index contributed by atoms with van der Waals surface area (Å²) in [6.07, 6.45) is 20.1. The van der Waals surface area contributed by atoms with E-state index in [1.807, 2.05) is 5.94 Å². The summed E-state index contributed by atoms with van der Waals surface area (Å²) < 4.78 is 0.691. The molecule has 1 nitrogen and oxygen atoms in total. The number of carbonyl (C=O) groups excluding carboxylic acids is 1. The Hall–Kier alpha value is -0.0700. The van der Waals surface area contributed by atoms with Crippen LogP contribution in [0.25, 0.3) is 0 Å². The first kappa shape index (κ1) is 19.9. The Balaban J connectivity index is 3.01. The molecule has 2 heteroatoms. The van der Waals surface area contributed by atoms with Crippen molar-refractivity contribution in [1.29, 1.82) is 0 Å². The Morgan fingerprint density at radius 3 is 1.40 bits per heavy atom. The van der Waals surface area contributed by atoms with Gasteiger partial charge in [-0.1, -0.05) is 90.4 Å². The molecule has 0 heterocycles. The molecule has 0 saturated heterocycles. The third-order valence-electron chi connectivity index (χ3n) is 3.86. The summed E-state index contributed by atoms with van der Waals surface area (Å²) in [6, 6.07) is 0. The van der Waals surface area contributed by atoms with E-state index in [2.05, 4.69) is 22.9 Å². The fourth-order valence-corrected chi connectivity index (χ4v) is 2.81. The molecule has 0 saturated carbocycles. The van der Waals surface area contributed by atoms with Gasteiger partial charge in [-0.05, 0) is 28.8 Å². The average molecular weight is 345 g/mol. The van der Waals surface area contributed by atoms with Crippen LogP contribution in [-0.4, -0.2) is 5.94 Å². The van der Waals surface area contributed by atoms with Crippen LogP contribution in [0.3, 0.4) is 0 Å². The third-order valence-corrected chi connectivity index (χ3v) is 4.42. The highest BCUT2D eigenvalue weighted by Crippen LogP contribution is 2.15. The van der Waals surface area contributed by atoms with Crippen LogP contribution < -0.4 is 0 Å². The van der Waals surface area contributed by atoms with Crippen LogP contribution in [0, 0.1) is 0 Å². The molecule has 0 bridgehead atoms. The first-order valence-corrected chi connectivity index (χ1v) is 9.50. The zero-order valence-corrected chi connectivity index (χ0v) is 15.0. The maximum absolute atomic E-state index is 10.3. The number of allylic oxidation sites excluding steroid dienone is 1. The summed E-state index contributed by atoms with van der Waals surface area (Å²) in [4.78, 5) is 10.3. The molecule has 0 atom stereocenters. The maximum atomic E-state index is 10.3. The van der Waals surface area contributed by atoms with E-state index in [1.165, 1.54) is 83.5 Å². The van der Waals surface area contributed by atoms with Gasteiger partial charge in [0.25, 0.3) is 0 Å². The van der Waals surface area contributed by atoms with Crippen LogP contribution in [0.15, 0.2) is 4.48 Å². The fourth-order valence-electron chi connectivity index (χ4n) is 2.53. The van der Waals surface area contributed by atoms with Gasteiger partial charge in [-0.15, -0.1) is 0 Å². The third kappa shape index (κ3) is 16.0. The van der Waals surface area contributed by atoms with Crippen LogP contribution >= 0.6 is 15.9 Å². The molecule has 0 aromatic heterocycles. The van der Waals surface area contributed by atoms with Gasteiger partial charge in [0.15, 0.2) is 0 Å². The molecule has 0 spiro atoms. The minimum absolute atomic E-state index is 0.691. The van der Waals surface area contributed by atoms with Gasteiger partial charge in [0.2, 0.25) is 0 Å². The van der Waals surface area contributed by atoms with Crippen molar-refractivity contribution in [2.45, 2.75) is 103 Å². The molecule has 0 aromatic rings. The molecule has 0 amide bonds. The zero-order valence-electron chi connectivity index (χ0n) is 13.4. The van der Waals surface area contributed by atoms with Crippen LogP contribution in [-0.2, 0) is 4.79 Å². The second-order valence-electron chi connectivity index (χ2n) is 5.85. The maximum Gasteiger partial charge on any atom is 0.135 e. The number of rotatable bonds is 15. The van der Waals surface area contributed by atoms with Crippen LogP contribution in [0.4, 0.5) is 0 Å². The average Bonchev–Trinajstić information content (AvgIpc) is 2.47. The predicted molar refractivity (Wildman–Crippen MR) is 93.1 cm³/mol. The summed E-state index contributed by atoms with van der Waals surface area (Å²) in [5.41, 5.74) is 0. The number of unbranched alkanes of at least 4 members (excludes halogenated alkanes) is 13. The Bertz CT molecular complexity index is 244. The van der Waals surface area contributed by atoms with Gasteiger partial charge in [0.05, 0.1) is 4.48 Å². The Labute approximate surface area is 134 Å². The highest BCUT2D eigenvalue weighted by Gasteiger charge is 1.95. The van der Waals surface area contributed by atoms with Crippen molar-refractivity contribution in [2.75, 3.05) is 0 Å². The van der Waals surface area contributed by atoms with Crippen molar-refractivity contribution in [3.05, 3.63) is 4.48 Å². The van der Waals surface area contributed by atoms with Crippen molar-refractivity contribution in [3.63, 3.8) is 0 Å². The molecule has 0 aliphatic carbocycles. The molecule has 0 aliphatic heterocycles. The van der Waals surface area contributed by atoms with E-state index in [4.69, 9.17) is 0 Å². The number of halogens is 1. The van der Waals surface area contributed by atoms with Gasteiger partial charge in [-0.2, -0.15) is 0 Å². The Morgan fingerprint density at radius 2 is 1.05 bits per heavy atom. The lowest BCUT2D eigenvalue weighted by atomic mass is 10.0. The van der Waals surface area contributed by atoms with Crippen LogP contribution in [0.1, 0.15) is 103 Å². The lowest BCUT2D eigenvalue weighted by Crippen LogP contribution is -1.83. The first-order chi connectivity index (χ1) is 9.81. The van der Waals surface area contributed by atoms with Crippen molar-refractivity contribution in [1.82, 2.24) is 0 Å². The van der Waals surface area contributed by atoms with Crippen LogP contribution in [0.2, 0.25) is 0 Å². The van der Waals surface area contributed by atoms with E-state index in [1.54, 1.807) is 0 Å². The van der Waals surface area contributed by atoms with Crippen molar-refractivity contribution in [3.8, 4) is 0 Å². The van der Waals surface area contributed by atoms with Gasteiger partial charge < -0.3 is 0 Å². The molecule has 0 radical (unpaired) electrons. The molecule has 20 heavy (non-hydrogen) atoms. The second-order valence-corrected chi connectivity index (χ2v) is 6.81. The quantitative estimate of drug-likeness (QED) is 0.231. The standard InChI is InChI=1S/C18H33BrO/c1-2-3-4-5-6-7-8-9-10-11-12-13-14-15-16-18(19)17-20/h2-16H2,1H3. The fraction of sp³-hybridized carbons (Fsp3) is 0.889. The number of hydrogen-bond acceptors (Lipinski definition) is 1. The zero-order chi connectivity index (χ0) is 14.9. The number of hydrogen-bond donors (Lipinski definition) is 0. The largest absolute Gasteiger partial charge is 0.233 e. The lowest BCUT2D eigenvalue weighted by molar-refractivity contribution is 0.535. The van der Waals surface area contributed by atoms with Gasteiger partial charge in [0, 0.05) is 0 Å². The van der Waals surface area contributed by atoms with Crippen molar-refractivity contribution in [2.24, 2.45) is 0 Å². The van der Waals surface area contributed by atoms with E-state index < -0.39 is 0 Å². The van der Waals surface area contributed by atoms with Gasteiger partial charge in [-0.3, -0.25) is 0 Å². The Kier molecular flexibility index (Phi) is 16.9. The highest BCUT2D eigenvalue weighted by atomic mass is 79.9. The molecule has 0 unspecified atom stereocenters. The second kappa shape index (κ2) is 17.0.